The van der Waals surface area contributed by atoms with Crippen molar-refractivity contribution in [2.45, 2.75) is 26.2 Å². The number of aryl methyl sites for hydroxylation is 1. The molecular formula is C24H20FN5O. The van der Waals surface area contributed by atoms with Crippen molar-refractivity contribution in [2.24, 2.45) is 0 Å². The van der Waals surface area contributed by atoms with Gasteiger partial charge in [0, 0.05) is 5.69 Å². The number of unbranched alkanes of at least 4 members (excludes halogenated alkanes) is 1. The van der Waals surface area contributed by atoms with Crippen LogP contribution in [-0.4, -0.2) is 20.9 Å². The van der Waals surface area contributed by atoms with Crippen LogP contribution in [0.25, 0.3) is 16.7 Å². The maximum absolute atomic E-state index is 14.1. The first kappa shape index (κ1) is 20.2. The number of carbonyl (C=O) groups is 1. The molecule has 0 aliphatic carbocycles. The van der Waals surface area contributed by atoms with E-state index in [1.54, 1.807) is 23.0 Å². The Morgan fingerprint density at radius 1 is 1.06 bits per heavy atom. The van der Waals surface area contributed by atoms with E-state index in [1.807, 2.05) is 18.2 Å². The molecule has 1 aromatic heterocycles. The van der Waals surface area contributed by atoms with Crippen LogP contribution in [0.2, 0.25) is 0 Å². The number of benzene rings is 3. The highest BCUT2D eigenvalue weighted by molar-refractivity contribution is 6.05. The van der Waals surface area contributed by atoms with Gasteiger partial charge in [-0.2, -0.15) is 10.1 Å². The third kappa shape index (κ3) is 4.43. The number of anilines is 1. The largest absolute Gasteiger partial charge is 0.322 e. The Labute approximate surface area is 178 Å². The van der Waals surface area contributed by atoms with Gasteiger partial charge in [-0.3, -0.25) is 4.79 Å². The third-order valence-electron chi connectivity index (χ3n) is 4.97. The molecule has 0 unspecified atom stereocenters. The number of nitrogens with one attached hydrogen (secondary N) is 1. The van der Waals surface area contributed by atoms with Crippen LogP contribution in [0.4, 0.5) is 10.1 Å². The molecule has 31 heavy (non-hydrogen) atoms. The van der Waals surface area contributed by atoms with Gasteiger partial charge in [-0.25, -0.2) is 4.39 Å². The molecule has 4 aromatic rings. The highest BCUT2D eigenvalue weighted by atomic mass is 19.1. The zero-order valence-electron chi connectivity index (χ0n) is 17.0. The van der Waals surface area contributed by atoms with E-state index in [9.17, 15) is 9.18 Å². The molecule has 7 heteroatoms. The van der Waals surface area contributed by atoms with Crippen molar-refractivity contribution < 1.29 is 9.18 Å². The number of nitrogens with zero attached hydrogens (tertiary/aromatic N) is 4. The van der Waals surface area contributed by atoms with Gasteiger partial charge >= 0.3 is 0 Å². The molecule has 0 saturated carbocycles. The number of nitriles is 1. The smallest absolute Gasteiger partial charge is 0.258 e. The van der Waals surface area contributed by atoms with Crippen LogP contribution < -0.4 is 5.32 Å². The summed E-state index contributed by atoms with van der Waals surface area (Å²) in [6.07, 6.45) is 3.36. The van der Waals surface area contributed by atoms with E-state index in [0.717, 1.165) is 31.0 Å². The topological polar surface area (TPSA) is 83.6 Å². The number of carbonyl (C=O) groups excluding carboxylic acids is 1. The molecule has 6 nitrogen and oxygen atoms in total. The molecule has 0 spiro atoms. The van der Waals surface area contributed by atoms with Crippen LogP contribution in [-0.2, 0) is 6.42 Å². The summed E-state index contributed by atoms with van der Waals surface area (Å²) in [4.78, 5) is 14.0. The van der Waals surface area contributed by atoms with Gasteiger partial charge in [0.05, 0.1) is 22.9 Å². The molecule has 0 bridgehead atoms. The predicted molar refractivity (Wildman–Crippen MR) is 117 cm³/mol. The van der Waals surface area contributed by atoms with Crippen LogP contribution in [0, 0.1) is 17.1 Å². The molecule has 4 rings (SSSR count). The number of rotatable bonds is 6. The van der Waals surface area contributed by atoms with E-state index in [-0.39, 0.29) is 11.1 Å². The van der Waals surface area contributed by atoms with Crippen LogP contribution in [0.15, 0.2) is 60.7 Å². The van der Waals surface area contributed by atoms with Gasteiger partial charge in [0.1, 0.15) is 16.9 Å². The maximum Gasteiger partial charge on any atom is 0.258 e. The van der Waals surface area contributed by atoms with Gasteiger partial charge in [-0.1, -0.05) is 25.5 Å². The Morgan fingerprint density at radius 2 is 1.84 bits per heavy atom. The van der Waals surface area contributed by atoms with Crippen molar-refractivity contribution in [3.05, 3.63) is 83.2 Å². The van der Waals surface area contributed by atoms with E-state index >= 15 is 0 Å². The lowest BCUT2D eigenvalue weighted by Gasteiger charge is -2.06. The summed E-state index contributed by atoms with van der Waals surface area (Å²) >= 11 is 0. The van der Waals surface area contributed by atoms with Crippen molar-refractivity contribution in [3.8, 4) is 11.8 Å². The summed E-state index contributed by atoms with van der Waals surface area (Å²) in [5.41, 5.74) is 3.91. The van der Waals surface area contributed by atoms with Crippen molar-refractivity contribution in [3.63, 3.8) is 0 Å². The fourth-order valence-corrected chi connectivity index (χ4v) is 3.25. The lowest BCUT2D eigenvalue weighted by atomic mass is 10.1. The summed E-state index contributed by atoms with van der Waals surface area (Å²) in [7, 11) is 0. The molecule has 1 heterocycles. The number of amides is 1. The molecule has 1 N–H and O–H groups in total. The summed E-state index contributed by atoms with van der Waals surface area (Å²) in [5.74, 6) is -1.35. The molecule has 0 aliphatic heterocycles. The number of hydrogen-bond donors (Lipinski definition) is 1. The van der Waals surface area contributed by atoms with Gasteiger partial charge in [0.25, 0.3) is 5.91 Å². The van der Waals surface area contributed by atoms with Gasteiger partial charge < -0.3 is 5.32 Å². The van der Waals surface area contributed by atoms with Crippen molar-refractivity contribution >= 4 is 22.6 Å². The summed E-state index contributed by atoms with van der Waals surface area (Å²) in [5, 5.41) is 20.5. The van der Waals surface area contributed by atoms with Gasteiger partial charge in [-0.15, -0.1) is 10.2 Å². The third-order valence-corrected chi connectivity index (χ3v) is 4.97. The Balaban J connectivity index is 1.54. The zero-order chi connectivity index (χ0) is 21.8. The second-order valence-corrected chi connectivity index (χ2v) is 7.22. The monoisotopic (exact) mass is 413 g/mol. The molecule has 1 amide bonds. The highest BCUT2D eigenvalue weighted by Crippen LogP contribution is 2.20. The van der Waals surface area contributed by atoms with E-state index in [1.165, 1.54) is 17.7 Å². The van der Waals surface area contributed by atoms with Crippen LogP contribution in [0.5, 0.6) is 0 Å². The van der Waals surface area contributed by atoms with E-state index in [0.29, 0.717) is 16.7 Å². The molecule has 0 saturated heterocycles. The summed E-state index contributed by atoms with van der Waals surface area (Å²) in [6.45, 7) is 2.17. The Bertz CT molecular complexity index is 1290. The molecule has 0 aliphatic rings. The highest BCUT2D eigenvalue weighted by Gasteiger charge is 2.14. The Kier molecular flexibility index (Phi) is 5.72. The summed E-state index contributed by atoms with van der Waals surface area (Å²) < 4.78 is 14.1. The quantitative estimate of drug-likeness (QED) is 0.481. The fourth-order valence-electron chi connectivity index (χ4n) is 3.25. The molecule has 154 valence electrons. The first-order valence-electron chi connectivity index (χ1n) is 10.0. The normalized spacial score (nSPS) is 10.7. The second-order valence-electron chi connectivity index (χ2n) is 7.22. The molecule has 0 radical (unpaired) electrons. The molecular weight excluding hydrogens is 393 g/mol. The maximum atomic E-state index is 14.1. The lowest BCUT2D eigenvalue weighted by Crippen LogP contribution is -2.13. The first-order valence-corrected chi connectivity index (χ1v) is 10.0. The van der Waals surface area contributed by atoms with Crippen LogP contribution in [0.3, 0.4) is 0 Å². The van der Waals surface area contributed by atoms with Gasteiger partial charge in [-0.05, 0) is 66.9 Å². The zero-order valence-corrected chi connectivity index (χ0v) is 17.0. The van der Waals surface area contributed by atoms with Gasteiger partial charge in [0.15, 0.2) is 0 Å². The van der Waals surface area contributed by atoms with Crippen LogP contribution in [0.1, 0.15) is 41.3 Å². The number of halogens is 1. The molecule has 0 fully saturated rings. The van der Waals surface area contributed by atoms with Crippen molar-refractivity contribution in [1.82, 2.24) is 15.0 Å². The van der Waals surface area contributed by atoms with E-state index < -0.39 is 11.7 Å². The fraction of sp³-hybridized carbons (Fsp3) is 0.167. The predicted octanol–water partition coefficient (Wildman–Crippen LogP) is 5.03. The average Bonchev–Trinajstić information content (AvgIpc) is 3.21. The van der Waals surface area contributed by atoms with Crippen molar-refractivity contribution in [2.75, 3.05) is 5.32 Å². The Morgan fingerprint density at radius 3 is 2.55 bits per heavy atom. The standard InChI is InChI=1S/C24H20FN5O/c1-2-3-4-16-5-9-19(10-6-16)30-28-22-12-8-18(14-23(22)29-30)27-24(31)20-11-7-17(15-26)13-21(20)25/h5-14H,2-4H2,1H3,(H,27,31). The van der Waals surface area contributed by atoms with Gasteiger partial charge in [0.2, 0.25) is 0 Å². The summed E-state index contributed by atoms with van der Waals surface area (Å²) in [6, 6.07) is 18.8. The average molecular weight is 413 g/mol. The van der Waals surface area contributed by atoms with Crippen LogP contribution >= 0.6 is 0 Å². The molecule has 3 aromatic carbocycles. The van der Waals surface area contributed by atoms with Crippen molar-refractivity contribution in [1.29, 1.82) is 5.26 Å². The number of fused-ring (bicyclic) bond motifs is 1. The SMILES string of the molecule is CCCCc1ccc(-n2nc3ccc(NC(=O)c4ccc(C#N)cc4F)cc3n2)cc1. The first-order chi connectivity index (χ1) is 15.1. The minimum atomic E-state index is -0.744. The minimum Gasteiger partial charge on any atom is -0.322 e. The lowest BCUT2D eigenvalue weighted by molar-refractivity contribution is 0.102. The number of hydrogen-bond acceptors (Lipinski definition) is 4. The Hall–Kier alpha value is -4.05. The molecule has 0 atom stereocenters. The van der Waals surface area contributed by atoms with E-state index in [4.69, 9.17) is 5.26 Å². The van der Waals surface area contributed by atoms with E-state index in [2.05, 4.69) is 34.6 Å². The number of aromatic nitrogens is 3. The minimum absolute atomic E-state index is 0.133. The second kappa shape index (κ2) is 8.76.